The average Bonchev–Trinajstić information content (AvgIpc) is 2.91. The summed E-state index contributed by atoms with van der Waals surface area (Å²) < 4.78 is 15.7. The van der Waals surface area contributed by atoms with Gasteiger partial charge in [0, 0.05) is 5.39 Å². The smallest absolute Gasteiger partial charge is 0.374 e. The minimum Gasteiger partial charge on any atom is -0.497 e. The largest absolute Gasteiger partial charge is 0.497 e. The number of carbonyl (C=O) groups excluding carboxylic acids is 1. The number of hydrogen-bond acceptors (Lipinski definition) is 4. The van der Waals surface area contributed by atoms with E-state index in [0.29, 0.717) is 12.2 Å². The van der Waals surface area contributed by atoms with E-state index in [0.717, 1.165) is 21.9 Å². The van der Waals surface area contributed by atoms with Gasteiger partial charge in [0.1, 0.15) is 11.3 Å². The lowest BCUT2D eigenvalue weighted by Gasteiger charge is -2.02. The van der Waals surface area contributed by atoms with Crippen LogP contribution in [0.4, 0.5) is 0 Å². The van der Waals surface area contributed by atoms with Gasteiger partial charge in [0.25, 0.3) is 0 Å². The lowest BCUT2D eigenvalue weighted by atomic mass is 10.1. The van der Waals surface area contributed by atoms with Crippen LogP contribution in [-0.4, -0.2) is 19.7 Å². The summed E-state index contributed by atoms with van der Waals surface area (Å²) in [5, 5.41) is 2.95. The second-order valence-electron chi connectivity index (χ2n) is 4.40. The Balaban J connectivity index is 2.18. The zero-order chi connectivity index (χ0) is 14.1. The molecule has 0 fully saturated rings. The van der Waals surface area contributed by atoms with Gasteiger partial charge in [-0.15, -0.1) is 0 Å². The summed E-state index contributed by atoms with van der Waals surface area (Å²) in [6, 6.07) is 11.3. The normalized spacial score (nSPS) is 10.9. The zero-order valence-electron chi connectivity index (χ0n) is 11.3. The van der Waals surface area contributed by atoms with E-state index in [-0.39, 0.29) is 5.76 Å². The number of ether oxygens (including phenoxy) is 2. The summed E-state index contributed by atoms with van der Waals surface area (Å²) in [7, 11) is 1.64. The van der Waals surface area contributed by atoms with Gasteiger partial charge in [-0.05, 0) is 48.0 Å². The summed E-state index contributed by atoms with van der Waals surface area (Å²) in [4.78, 5) is 11.7. The summed E-state index contributed by atoms with van der Waals surface area (Å²) in [5.41, 5.74) is 0.672. The molecule has 0 radical (unpaired) electrons. The van der Waals surface area contributed by atoms with Crippen LogP contribution in [0.25, 0.3) is 21.7 Å². The van der Waals surface area contributed by atoms with E-state index >= 15 is 0 Å². The van der Waals surface area contributed by atoms with Crippen LogP contribution in [-0.2, 0) is 4.74 Å². The maximum atomic E-state index is 11.7. The van der Waals surface area contributed by atoms with Crippen molar-refractivity contribution in [2.24, 2.45) is 0 Å². The van der Waals surface area contributed by atoms with Crippen molar-refractivity contribution in [2.75, 3.05) is 13.7 Å². The van der Waals surface area contributed by atoms with Gasteiger partial charge in [-0.1, -0.05) is 6.07 Å². The number of benzene rings is 2. The van der Waals surface area contributed by atoms with E-state index < -0.39 is 5.97 Å². The Hall–Kier alpha value is -2.49. The molecule has 0 aliphatic heterocycles. The molecule has 3 aromatic rings. The first-order valence-electron chi connectivity index (χ1n) is 6.40. The van der Waals surface area contributed by atoms with Crippen molar-refractivity contribution in [3.8, 4) is 5.75 Å². The third kappa shape index (κ3) is 1.99. The molecule has 20 heavy (non-hydrogen) atoms. The molecule has 2 aromatic carbocycles. The van der Waals surface area contributed by atoms with Gasteiger partial charge in [0.2, 0.25) is 5.76 Å². The molecule has 0 saturated carbocycles. The highest BCUT2D eigenvalue weighted by Crippen LogP contribution is 2.30. The van der Waals surface area contributed by atoms with Crippen molar-refractivity contribution in [3.63, 3.8) is 0 Å². The lowest BCUT2D eigenvalue weighted by Crippen LogP contribution is -2.02. The molecule has 0 unspecified atom stereocenters. The molecule has 0 bridgehead atoms. The maximum Gasteiger partial charge on any atom is 0.374 e. The molecule has 0 spiro atoms. The number of hydrogen-bond donors (Lipinski definition) is 0. The monoisotopic (exact) mass is 270 g/mol. The van der Waals surface area contributed by atoms with Gasteiger partial charge in [-0.25, -0.2) is 4.79 Å². The Kier molecular flexibility index (Phi) is 3.06. The molecular weight excluding hydrogens is 256 g/mol. The Morgan fingerprint density at radius 2 is 2.00 bits per heavy atom. The first kappa shape index (κ1) is 12.5. The van der Waals surface area contributed by atoms with Crippen LogP contribution in [0.3, 0.4) is 0 Å². The van der Waals surface area contributed by atoms with Crippen LogP contribution in [0.5, 0.6) is 5.75 Å². The van der Waals surface area contributed by atoms with Crippen molar-refractivity contribution in [1.29, 1.82) is 0 Å². The molecule has 102 valence electrons. The number of esters is 1. The van der Waals surface area contributed by atoms with Crippen molar-refractivity contribution in [3.05, 3.63) is 42.2 Å². The number of rotatable bonds is 3. The summed E-state index contributed by atoms with van der Waals surface area (Å²) in [6.45, 7) is 2.09. The SMILES string of the molecule is CCOC(=O)c1cc2c(ccc3cc(OC)ccc32)o1. The minimum atomic E-state index is -0.439. The molecule has 0 N–H and O–H groups in total. The highest BCUT2D eigenvalue weighted by Gasteiger charge is 2.14. The number of fused-ring (bicyclic) bond motifs is 3. The van der Waals surface area contributed by atoms with Gasteiger partial charge >= 0.3 is 5.97 Å². The van der Waals surface area contributed by atoms with Crippen LogP contribution in [0.15, 0.2) is 40.8 Å². The summed E-state index contributed by atoms with van der Waals surface area (Å²) in [6.07, 6.45) is 0. The van der Waals surface area contributed by atoms with Crippen molar-refractivity contribution in [1.82, 2.24) is 0 Å². The fraction of sp³-hybridized carbons (Fsp3) is 0.188. The number of methoxy groups -OCH3 is 1. The Morgan fingerprint density at radius 1 is 1.15 bits per heavy atom. The van der Waals surface area contributed by atoms with Gasteiger partial charge in [0.15, 0.2) is 0 Å². The molecule has 1 heterocycles. The highest BCUT2D eigenvalue weighted by atomic mass is 16.5. The Labute approximate surface area is 115 Å². The Bertz CT molecular complexity index is 786. The van der Waals surface area contributed by atoms with Crippen LogP contribution in [0.2, 0.25) is 0 Å². The van der Waals surface area contributed by atoms with Gasteiger partial charge < -0.3 is 13.9 Å². The molecule has 1 aromatic heterocycles. The zero-order valence-corrected chi connectivity index (χ0v) is 11.3. The van der Waals surface area contributed by atoms with E-state index in [1.54, 1.807) is 20.1 Å². The average molecular weight is 270 g/mol. The summed E-state index contributed by atoms with van der Waals surface area (Å²) in [5.74, 6) is 0.585. The van der Waals surface area contributed by atoms with Crippen LogP contribution >= 0.6 is 0 Å². The number of furan rings is 1. The molecule has 3 rings (SSSR count). The van der Waals surface area contributed by atoms with E-state index in [1.807, 2.05) is 30.3 Å². The molecular formula is C16H14O4. The third-order valence-electron chi connectivity index (χ3n) is 3.20. The lowest BCUT2D eigenvalue weighted by molar-refractivity contribution is 0.0492. The van der Waals surface area contributed by atoms with E-state index in [1.165, 1.54) is 0 Å². The maximum absolute atomic E-state index is 11.7. The molecule has 4 nitrogen and oxygen atoms in total. The molecule has 0 aliphatic carbocycles. The van der Waals surface area contributed by atoms with E-state index in [2.05, 4.69) is 0 Å². The highest BCUT2D eigenvalue weighted by molar-refractivity contribution is 6.08. The summed E-state index contributed by atoms with van der Waals surface area (Å²) >= 11 is 0. The fourth-order valence-corrected chi connectivity index (χ4v) is 2.26. The van der Waals surface area contributed by atoms with Crippen molar-refractivity contribution < 1.29 is 18.7 Å². The second-order valence-corrected chi connectivity index (χ2v) is 4.40. The van der Waals surface area contributed by atoms with Crippen LogP contribution in [0, 0.1) is 0 Å². The Morgan fingerprint density at radius 3 is 2.75 bits per heavy atom. The first-order chi connectivity index (χ1) is 9.72. The third-order valence-corrected chi connectivity index (χ3v) is 3.20. The first-order valence-corrected chi connectivity index (χ1v) is 6.40. The van der Waals surface area contributed by atoms with E-state index in [4.69, 9.17) is 13.9 Å². The second kappa shape index (κ2) is 4.89. The predicted molar refractivity (Wildman–Crippen MR) is 76.2 cm³/mol. The molecule has 4 heteroatoms. The van der Waals surface area contributed by atoms with Crippen molar-refractivity contribution in [2.45, 2.75) is 6.92 Å². The minimum absolute atomic E-state index is 0.227. The quantitative estimate of drug-likeness (QED) is 0.680. The topological polar surface area (TPSA) is 48.7 Å². The molecule has 0 saturated heterocycles. The fourth-order valence-electron chi connectivity index (χ4n) is 2.26. The van der Waals surface area contributed by atoms with Crippen LogP contribution < -0.4 is 4.74 Å². The van der Waals surface area contributed by atoms with Gasteiger partial charge in [0.05, 0.1) is 13.7 Å². The number of carbonyl (C=O) groups is 1. The van der Waals surface area contributed by atoms with Gasteiger partial charge in [-0.2, -0.15) is 0 Å². The standard InChI is InChI=1S/C16H14O4/c1-3-19-16(17)15-9-13-12-6-5-11(18-2)8-10(12)4-7-14(13)20-15/h4-9H,3H2,1-2H3. The molecule has 0 amide bonds. The molecule has 0 atom stereocenters. The van der Waals surface area contributed by atoms with Crippen LogP contribution in [0.1, 0.15) is 17.5 Å². The predicted octanol–water partition coefficient (Wildman–Crippen LogP) is 3.77. The van der Waals surface area contributed by atoms with Crippen molar-refractivity contribution >= 4 is 27.7 Å². The van der Waals surface area contributed by atoms with E-state index in [9.17, 15) is 4.79 Å². The van der Waals surface area contributed by atoms with Gasteiger partial charge in [-0.3, -0.25) is 0 Å². The molecule has 0 aliphatic rings.